The number of aromatic amines is 1. The molecule has 0 amide bonds. The van der Waals surface area contributed by atoms with E-state index in [4.69, 9.17) is 15.6 Å². The van der Waals surface area contributed by atoms with Crippen molar-refractivity contribution < 1.29 is 4.42 Å². The first kappa shape index (κ1) is 19.1. The second-order valence-electron chi connectivity index (χ2n) is 7.53. The summed E-state index contributed by atoms with van der Waals surface area (Å²) in [5.74, 6) is 1.32. The molecule has 1 saturated heterocycles. The van der Waals surface area contributed by atoms with Crippen LogP contribution in [0.5, 0.6) is 0 Å². The van der Waals surface area contributed by atoms with Crippen LogP contribution in [0.1, 0.15) is 24.0 Å². The highest BCUT2D eigenvalue weighted by Crippen LogP contribution is 2.37. The zero-order chi connectivity index (χ0) is 20.3. The molecule has 150 valence electrons. The Labute approximate surface area is 170 Å². The number of nitrogens with one attached hydrogen (secondary N) is 3. The van der Waals surface area contributed by atoms with Crippen LogP contribution in [0.4, 0.5) is 5.82 Å². The van der Waals surface area contributed by atoms with Crippen LogP contribution < -0.4 is 11.1 Å². The minimum Gasteiger partial charge on any atom is -0.472 e. The summed E-state index contributed by atoms with van der Waals surface area (Å²) in [6.45, 7) is 5.89. The number of amidine groups is 1. The molecular formula is C23H27N5O. The molecule has 5 N–H and O–H groups in total. The molecule has 3 aromatic rings. The summed E-state index contributed by atoms with van der Waals surface area (Å²) >= 11 is 0. The Balaban J connectivity index is 1.52. The van der Waals surface area contributed by atoms with E-state index >= 15 is 0 Å². The first-order valence-electron chi connectivity index (χ1n) is 9.89. The summed E-state index contributed by atoms with van der Waals surface area (Å²) in [5.41, 5.74) is 10.6. The molecule has 1 aromatic carbocycles. The van der Waals surface area contributed by atoms with Crippen molar-refractivity contribution in [2.24, 2.45) is 5.73 Å². The van der Waals surface area contributed by atoms with Gasteiger partial charge < -0.3 is 25.4 Å². The van der Waals surface area contributed by atoms with Gasteiger partial charge in [-0.15, -0.1) is 0 Å². The fourth-order valence-electron chi connectivity index (χ4n) is 4.18. The van der Waals surface area contributed by atoms with Crippen molar-refractivity contribution in [1.82, 2.24) is 9.88 Å². The second-order valence-corrected chi connectivity index (χ2v) is 7.53. The smallest absolute Gasteiger partial charge is 0.131 e. The maximum Gasteiger partial charge on any atom is 0.131 e. The molecule has 0 bridgehead atoms. The first-order chi connectivity index (χ1) is 14.2. The van der Waals surface area contributed by atoms with Crippen LogP contribution in [0, 0.1) is 5.41 Å². The summed E-state index contributed by atoms with van der Waals surface area (Å²) < 4.78 is 5.24. The van der Waals surface area contributed by atoms with E-state index in [1.54, 1.807) is 18.7 Å². The number of furan rings is 1. The SMILES string of the molecule is C=CNc1[nH]ccc1C(=N)N1CCC(CN)(c2cccc(-c3ccoc3)c2)CC1. The lowest BCUT2D eigenvalue weighted by Crippen LogP contribution is -2.48. The number of hydrogen-bond acceptors (Lipinski definition) is 4. The zero-order valence-corrected chi connectivity index (χ0v) is 16.4. The molecule has 0 radical (unpaired) electrons. The van der Waals surface area contributed by atoms with Crippen LogP contribution in [0.3, 0.4) is 0 Å². The molecule has 6 heteroatoms. The van der Waals surface area contributed by atoms with Gasteiger partial charge in [0.2, 0.25) is 0 Å². The van der Waals surface area contributed by atoms with Crippen LogP contribution in [-0.2, 0) is 5.41 Å². The molecule has 29 heavy (non-hydrogen) atoms. The van der Waals surface area contributed by atoms with Gasteiger partial charge >= 0.3 is 0 Å². The molecule has 6 nitrogen and oxygen atoms in total. The van der Waals surface area contributed by atoms with E-state index in [0.717, 1.165) is 48.4 Å². The Morgan fingerprint density at radius 2 is 2.10 bits per heavy atom. The largest absolute Gasteiger partial charge is 0.472 e. The number of nitrogens with zero attached hydrogens (tertiary/aromatic N) is 1. The van der Waals surface area contributed by atoms with Gasteiger partial charge in [-0.1, -0.05) is 30.8 Å². The van der Waals surface area contributed by atoms with Gasteiger partial charge in [0.15, 0.2) is 0 Å². The Kier molecular flexibility index (Phi) is 5.27. The highest BCUT2D eigenvalue weighted by molar-refractivity contribution is 6.01. The predicted octanol–water partition coefficient (Wildman–Crippen LogP) is 4.15. The zero-order valence-electron chi connectivity index (χ0n) is 16.4. The number of aromatic nitrogens is 1. The van der Waals surface area contributed by atoms with E-state index in [1.807, 2.05) is 18.3 Å². The normalized spacial score (nSPS) is 15.8. The van der Waals surface area contributed by atoms with Crippen LogP contribution in [-0.4, -0.2) is 35.4 Å². The van der Waals surface area contributed by atoms with Gasteiger partial charge in [-0.3, -0.25) is 5.41 Å². The predicted molar refractivity (Wildman–Crippen MR) is 117 cm³/mol. The summed E-state index contributed by atoms with van der Waals surface area (Å²) in [6.07, 6.45) is 8.74. The van der Waals surface area contributed by atoms with Gasteiger partial charge in [-0.2, -0.15) is 0 Å². The average Bonchev–Trinajstić information content (AvgIpc) is 3.46. The van der Waals surface area contributed by atoms with Gasteiger partial charge in [-0.25, -0.2) is 0 Å². The van der Waals surface area contributed by atoms with E-state index in [1.165, 1.54) is 5.56 Å². The quantitative estimate of drug-likeness (QED) is 0.376. The summed E-state index contributed by atoms with van der Waals surface area (Å²) in [6, 6.07) is 12.5. The van der Waals surface area contributed by atoms with Crippen molar-refractivity contribution in [2.45, 2.75) is 18.3 Å². The minimum absolute atomic E-state index is 0.0726. The van der Waals surface area contributed by atoms with Crippen LogP contribution in [0.25, 0.3) is 11.1 Å². The molecule has 0 atom stereocenters. The van der Waals surface area contributed by atoms with E-state index < -0.39 is 0 Å². The Morgan fingerprint density at radius 3 is 2.79 bits per heavy atom. The molecule has 1 aliphatic heterocycles. The number of anilines is 1. The number of rotatable bonds is 6. The standard InChI is InChI=1S/C23H27N5O/c1-2-26-22-20(6-10-27-22)21(25)28-11-8-23(16-24,9-12-28)19-5-3-4-17(14-19)18-7-13-29-15-18/h2-7,10,13-15,25-27H,1,8-9,11-12,16,24H2. The molecule has 0 unspecified atom stereocenters. The Bertz CT molecular complexity index is 980. The van der Waals surface area contributed by atoms with Crippen molar-refractivity contribution >= 4 is 11.7 Å². The number of nitrogens with two attached hydrogens (primary N) is 1. The van der Waals surface area contributed by atoms with Gasteiger partial charge in [0.05, 0.1) is 18.1 Å². The van der Waals surface area contributed by atoms with Gasteiger partial charge in [-0.05, 0) is 42.3 Å². The third-order valence-corrected chi connectivity index (χ3v) is 6.01. The summed E-state index contributed by atoms with van der Waals surface area (Å²) in [5, 5.41) is 11.7. The third kappa shape index (κ3) is 3.59. The number of likely N-dealkylation sites (tertiary alicyclic amines) is 1. The molecule has 1 aliphatic rings. The van der Waals surface area contributed by atoms with E-state index in [0.29, 0.717) is 12.4 Å². The maximum absolute atomic E-state index is 8.67. The van der Waals surface area contributed by atoms with Crippen LogP contribution in [0.15, 0.2) is 72.3 Å². The molecular weight excluding hydrogens is 362 g/mol. The van der Waals surface area contributed by atoms with E-state index in [2.05, 4.69) is 46.0 Å². The van der Waals surface area contributed by atoms with Crippen molar-refractivity contribution in [2.75, 3.05) is 25.0 Å². The molecule has 0 saturated carbocycles. The third-order valence-electron chi connectivity index (χ3n) is 6.01. The second kappa shape index (κ2) is 8.01. The van der Waals surface area contributed by atoms with Gasteiger partial charge in [0, 0.05) is 36.8 Å². The first-order valence-corrected chi connectivity index (χ1v) is 9.89. The Hall–Kier alpha value is -3.25. The number of hydrogen-bond donors (Lipinski definition) is 4. The van der Waals surface area contributed by atoms with Gasteiger partial charge in [0.25, 0.3) is 0 Å². The lowest BCUT2D eigenvalue weighted by atomic mass is 9.72. The van der Waals surface area contributed by atoms with Crippen LogP contribution >= 0.6 is 0 Å². The van der Waals surface area contributed by atoms with Crippen molar-refractivity contribution in [1.29, 1.82) is 5.41 Å². The highest BCUT2D eigenvalue weighted by atomic mass is 16.3. The summed E-state index contributed by atoms with van der Waals surface area (Å²) in [4.78, 5) is 5.25. The van der Waals surface area contributed by atoms with E-state index in [9.17, 15) is 0 Å². The lowest BCUT2D eigenvalue weighted by Gasteiger charge is -2.42. The van der Waals surface area contributed by atoms with Gasteiger partial charge in [0.1, 0.15) is 11.7 Å². The highest BCUT2D eigenvalue weighted by Gasteiger charge is 2.36. The van der Waals surface area contributed by atoms with Crippen molar-refractivity contribution in [3.8, 4) is 11.1 Å². The maximum atomic E-state index is 8.67. The van der Waals surface area contributed by atoms with Crippen LogP contribution in [0.2, 0.25) is 0 Å². The number of piperidine rings is 1. The average molecular weight is 390 g/mol. The van der Waals surface area contributed by atoms with E-state index in [-0.39, 0.29) is 5.41 Å². The lowest BCUT2D eigenvalue weighted by molar-refractivity contribution is 0.230. The Morgan fingerprint density at radius 1 is 1.28 bits per heavy atom. The number of benzene rings is 1. The monoisotopic (exact) mass is 389 g/mol. The topological polar surface area (TPSA) is 94.1 Å². The van der Waals surface area contributed by atoms with Crippen molar-refractivity contribution in [3.63, 3.8) is 0 Å². The molecule has 0 aliphatic carbocycles. The molecule has 1 fully saturated rings. The molecule has 0 spiro atoms. The molecule has 2 aromatic heterocycles. The minimum atomic E-state index is -0.0726. The molecule has 4 rings (SSSR count). The number of H-pyrrole nitrogens is 1. The summed E-state index contributed by atoms with van der Waals surface area (Å²) in [7, 11) is 0. The van der Waals surface area contributed by atoms with Crippen molar-refractivity contribution in [3.05, 3.63) is 79.0 Å². The fraction of sp³-hybridized carbons (Fsp3) is 0.261. The molecule has 3 heterocycles. The fourth-order valence-corrected chi connectivity index (χ4v) is 4.18.